The summed E-state index contributed by atoms with van der Waals surface area (Å²) in [4.78, 5) is 17.6. The Morgan fingerprint density at radius 1 is 1.14 bits per heavy atom. The monoisotopic (exact) mass is 388 g/mol. The number of carbonyl (C=O) groups is 1. The third-order valence-corrected chi connectivity index (χ3v) is 4.17. The van der Waals surface area contributed by atoms with E-state index in [1.165, 1.54) is 6.07 Å². The Kier molecular flexibility index (Phi) is 8.11. The van der Waals surface area contributed by atoms with Gasteiger partial charge >= 0.3 is 0 Å². The van der Waals surface area contributed by atoms with Crippen LogP contribution >= 0.6 is 0 Å². The van der Waals surface area contributed by atoms with Gasteiger partial charge in [-0.2, -0.15) is 0 Å². The number of nitrogens with zero attached hydrogens (tertiary/aromatic N) is 1. The molecule has 0 aliphatic heterocycles. The number of aryl methyl sites for hydroxylation is 1. The summed E-state index contributed by atoms with van der Waals surface area (Å²) >= 11 is 0. The van der Waals surface area contributed by atoms with Crippen LogP contribution in [0.5, 0.6) is 0 Å². The van der Waals surface area contributed by atoms with Gasteiger partial charge in [-0.05, 0) is 42.9 Å². The summed E-state index contributed by atoms with van der Waals surface area (Å²) in [6.45, 7) is 6.02. The van der Waals surface area contributed by atoms with Crippen molar-refractivity contribution in [2.24, 2.45) is 11.1 Å². The topological polar surface area (TPSA) is 50.7 Å². The van der Waals surface area contributed by atoms with Gasteiger partial charge in [0.05, 0.1) is 12.0 Å². The molecule has 0 radical (unpaired) electrons. The predicted molar refractivity (Wildman–Crippen MR) is 106 cm³/mol. The van der Waals surface area contributed by atoms with Crippen molar-refractivity contribution in [2.45, 2.75) is 40.0 Å². The molecule has 2 aromatic rings. The van der Waals surface area contributed by atoms with Crippen molar-refractivity contribution in [2.75, 3.05) is 6.61 Å². The number of nitrogens with one attached hydrogen (secondary N) is 1. The normalized spacial score (nSPS) is 13.4. The summed E-state index contributed by atoms with van der Waals surface area (Å²) in [7, 11) is 0. The Labute approximate surface area is 164 Å². The fraction of sp³-hybridized carbons (Fsp3) is 0.364. The minimum Gasteiger partial charge on any atom is -0.394 e. The number of oxime groups is 1. The highest BCUT2D eigenvalue weighted by Crippen LogP contribution is 2.29. The standard InChI is InChI=1S/C20H20F2N2O2.C2H6/c1-13-7-10-16(21)19(22)18(13)20(24-26-12-15-8-9-15)23-17(25)11-14-5-3-2-4-6-14;1-2/h2-7,10,15H,8-9,11-12H2,1H3,(H,23,24,25);1-2H3. The average Bonchev–Trinajstić information content (AvgIpc) is 3.51. The number of hydrogen-bond donors (Lipinski definition) is 1. The van der Waals surface area contributed by atoms with Crippen LogP contribution in [0.4, 0.5) is 8.78 Å². The third-order valence-electron chi connectivity index (χ3n) is 4.17. The summed E-state index contributed by atoms with van der Waals surface area (Å²) < 4.78 is 28.0. The highest BCUT2D eigenvalue weighted by molar-refractivity contribution is 6.09. The maximum absolute atomic E-state index is 14.3. The first-order valence-electron chi connectivity index (χ1n) is 9.53. The molecular formula is C22H26F2N2O2. The van der Waals surface area contributed by atoms with E-state index in [4.69, 9.17) is 4.84 Å². The second kappa shape index (κ2) is 10.5. The van der Waals surface area contributed by atoms with E-state index < -0.39 is 11.6 Å². The predicted octanol–water partition coefficient (Wildman–Crippen LogP) is 4.75. The number of hydrogen-bond acceptors (Lipinski definition) is 3. The fourth-order valence-corrected chi connectivity index (χ4v) is 2.52. The summed E-state index contributed by atoms with van der Waals surface area (Å²) in [5.74, 6) is -2.11. The molecule has 1 amide bonds. The Morgan fingerprint density at radius 2 is 1.82 bits per heavy atom. The number of rotatable bonds is 6. The summed E-state index contributed by atoms with van der Waals surface area (Å²) in [5, 5.41) is 6.46. The Hall–Kier alpha value is -2.76. The maximum atomic E-state index is 14.3. The number of amidine groups is 1. The van der Waals surface area contributed by atoms with Crippen molar-refractivity contribution >= 4 is 11.7 Å². The average molecular weight is 388 g/mol. The quantitative estimate of drug-likeness (QED) is 0.441. The van der Waals surface area contributed by atoms with Crippen molar-refractivity contribution in [3.05, 3.63) is 70.8 Å². The van der Waals surface area contributed by atoms with Crippen LogP contribution in [0.15, 0.2) is 47.6 Å². The molecule has 0 spiro atoms. The lowest BCUT2D eigenvalue weighted by molar-refractivity contribution is -0.119. The molecule has 1 saturated carbocycles. The molecule has 0 bridgehead atoms. The van der Waals surface area contributed by atoms with Gasteiger partial charge in [0.2, 0.25) is 5.91 Å². The van der Waals surface area contributed by atoms with E-state index in [9.17, 15) is 13.6 Å². The number of benzene rings is 2. The van der Waals surface area contributed by atoms with Gasteiger partial charge in [0.1, 0.15) is 6.61 Å². The van der Waals surface area contributed by atoms with Gasteiger partial charge in [-0.15, -0.1) is 0 Å². The Bertz CT molecular complexity index is 819. The SMILES string of the molecule is CC.Cc1ccc(F)c(F)c1/C(=N/OCC1CC1)NC(=O)Cc1ccccc1. The molecule has 3 rings (SSSR count). The van der Waals surface area contributed by atoms with Gasteiger partial charge in [0, 0.05) is 0 Å². The van der Waals surface area contributed by atoms with E-state index in [1.807, 2.05) is 44.2 Å². The van der Waals surface area contributed by atoms with Crippen molar-refractivity contribution in [1.29, 1.82) is 0 Å². The largest absolute Gasteiger partial charge is 0.394 e. The van der Waals surface area contributed by atoms with E-state index in [0.717, 1.165) is 24.5 Å². The van der Waals surface area contributed by atoms with Crippen molar-refractivity contribution in [3.8, 4) is 0 Å². The zero-order valence-corrected chi connectivity index (χ0v) is 16.5. The van der Waals surface area contributed by atoms with Crippen LogP contribution in [-0.2, 0) is 16.1 Å². The zero-order chi connectivity index (χ0) is 20.5. The summed E-state index contributed by atoms with van der Waals surface area (Å²) in [6, 6.07) is 11.6. The molecule has 2 aromatic carbocycles. The fourth-order valence-electron chi connectivity index (χ4n) is 2.52. The van der Waals surface area contributed by atoms with Crippen LogP contribution in [0.3, 0.4) is 0 Å². The van der Waals surface area contributed by atoms with Crippen LogP contribution in [0, 0.1) is 24.5 Å². The molecular weight excluding hydrogens is 362 g/mol. The molecule has 0 saturated heterocycles. The number of amides is 1. The Morgan fingerprint density at radius 3 is 2.46 bits per heavy atom. The lowest BCUT2D eigenvalue weighted by atomic mass is 10.1. The minimum atomic E-state index is -1.06. The van der Waals surface area contributed by atoms with E-state index >= 15 is 0 Å². The highest BCUT2D eigenvalue weighted by atomic mass is 19.2. The lowest BCUT2D eigenvalue weighted by Crippen LogP contribution is -2.34. The maximum Gasteiger partial charge on any atom is 0.230 e. The molecule has 28 heavy (non-hydrogen) atoms. The molecule has 0 unspecified atom stereocenters. The van der Waals surface area contributed by atoms with Crippen molar-refractivity contribution in [1.82, 2.24) is 5.32 Å². The molecule has 1 aliphatic carbocycles. The van der Waals surface area contributed by atoms with Crippen LogP contribution in [0.25, 0.3) is 0 Å². The van der Waals surface area contributed by atoms with Crippen molar-refractivity contribution < 1.29 is 18.4 Å². The zero-order valence-electron chi connectivity index (χ0n) is 16.5. The molecule has 0 heterocycles. The third kappa shape index (κ3) is 6.15. The summed E-state index contributed by atoms with van der Waals surface area (Å²) in [5.41, 5.74) is 1.17. The molecule has 1 N–H and O–H groups in total. The minimum absolute atomic E-state index is 0.0952. The second-order valence-electron chi connectivity index (χ2n) is 6.44. The number of halogens is 2. The van der Waals surface area contributed by atoms with Gasteiger partial charge in [-0.25, -0.2) is 8.78 Å². The first-order chi connectivity index (χ1) is 13.5. The smallest absolute Gasteiger partial charge is 0.230 e. The highest BCUT2D eigenvalue weighted by Gasteiger charge is 2.23. The molecule has 0 aromatic heterocycles. The Balaban J connectivity index is 0.00000136. The lowest BCUT2D eigenvalue weighted by Gasteiger charge is -2.13. The van der Waals surface area contributed by atoms with Gasteiger partial charge < -0.3 is 10.2 Å². The van der Waals surface area contributed by atoms with E-state index in [1.54, 1.807) is 6.92 Å². The van der Waals surface area contributed by atoms with Crippen LogP contribution < -0.4 is 5.32 Å². The van der Waals surface area contributed by atoms with E-state index in [-0.39, 0.29) is 23.7 Å². The first-order valence-corrected chi connectivity index (χ1v) is 9.53. The van der Waals surface area contributed by atoms with Gasteiger partial charge in [-0.3, -0.25) is 4.79 Å². The summed E-state index contributed by atoms with van der Waals surface area (Å²) in [6.07, 6.45) is 2.23. The van der Waals surface area contributed by atoms with Gasteiger partial charge in [0.15, 0.2) is 17.5 Å². The van der Waals surface area contributed by atoms with Crippen molar-refractivity contribution in [3.63, 3.8) is 0 Å². The molecule has 150 valence electrons. The first kappa shape index (κ1) is 21.5. The van der Waals surface area contributed by atoms with E-state index in [0.29, 0.717) is 18.1 Å². The molecule has 1 fully saturated rings. The number of carbonyl (C=O) groups excluding carboxylic acids is 1. The van der Waals surface area contributed by atoms with E-state index in [2.05, 4.69) is 10.5 Å². The van der Waals surface area contributed by atoms with Crippen LogP contribution in [-0.4, -0.2) is 18.3 Å². The molecule has 4 nitrogen and oxygen atoms in total. The van der Waals surface area contributed by atoms with Crippen LogP contribution in [0.2, 0.25) is 0 Å². The van der Waals surface area contributed by atoms with Gasteiger partial charge in [0.25, 0.3) is 0 Å². The molecule has 6 heteroatoms. The van der Waals surface area contributed by atoms with Crippen LogP contribution in [0.1, 0.15) is 43.4 Å². The molecule has 1 aliphatic rings. The van der Waals surface area contributed by atoms with Gasteiger partial charge in [-0.1, -0.05) is 55.4 Å². The molecule has 0 atom stereocenters. The second-order valence-corrected chi connectivity index (χ2v) is 6.44.